The number of hydrogen-bond donors (Lipinski definition) is 2. The van der Waals surface area contributed by atoms with Crippen LogP contribution in [0.2, 0.25) is 0 Å². The van der Waals surface area contributed by atoms with Gasteiger partial charge in [-0.3, -0.25) is 14.5 Å². The Labute approximate surface area is 149 Å². The van der Waals surface area contributed by atoms with Gasteiger partial charge in [-0.2, -0.15) is 0 Å². The van der Waals surface area contributed by atoms with E-state index in [2.05, 4.69) is 15.5 Å². The Bertz CT molecular complexity index is 572. The van der Waals surface area contributed by atoms with E-state index in [0.717, 1.165) is 51.3 Å². The highest BCUT2D eigenvalue weighted by Gasteiger charge is 2.30. The van der Waals surface area contributed by atoms with Crippen molar-refractivity contribution in [3.05, 3.63) is 35.9 Å². The zero-order chi connectivity index (χ0) is 17.5. The van der Waals surface area contributed by atoms with E-state index in [1.807, 2.05) is 35.2 Å². The van der Waals surface area contributed by atoms with Crippen LogP contribution in [0.15, 0.2) is 30.3 Å². The molecule has 0 aromatic heterocycles. The summed E-state index contributed by atoms with van der Waals surface area (Å²) in [5.41, 5.74) is 0.990. The molecule has 1 aromatic rings. The molecule has 136 valence electrons. The van der Waals surface area contributed by atoms with E-state index in [1.54, 1.807) is 0 Å². The summed E-state index contributed by atoms with van der Waals surface area (Å²) >= 11 is 0. The lowest BCUT2D eigenvalue weighted by Crippen LogP contribution is -2.49. The van der Waals surface area contributed by atoms with Gasteiger partial charge in [-0.1, -0.05) is 30.3 Å². The smallest absolute Gasteiger partial charge is 0.224 e. The molecular weight excluding hydrogens is 316 g/mol. The third-order valence-electron chi connectivity index (χ3n) is 5.05. The maximum absolute atomic E-state index is 12.4. The highest BCUT2D eigenvalue weighted by atomic mass is 16.2. The SMILES string of the molecule is O=C(Cc1ccccc1)NCCC(=O)N1CCC(N2CCNCC2)C1. The molecule has 0 saturated carbocycles. The van der Waals surface area contributed by atoms with Crippen molar-refractivity contribution in [2.75, 3.05) is 45.8 Å². The van der Waals surface area contributed by atoms with E-state index < -0.39 is 0 Å². The van der Waals surface area contributed by atoms with Gasteiger partial charge < -0.3 is 15.5 Å². The minimum atomic E-state index is -0.0286. The van der Waals surface area contributed by atoms with E-state index >= 15 is 0 Å². The summed E-state index contributed by atoms with van der Waals surface area (Å²) in [5, 5.41) is 6.22. The van der Waals surface area contributed by atoms with Gasteiger partial charge >= 0.3 is 0 Å². The molecule has 2 aliphatic rings. The quantitative estimate of drug-likeness (QED) is 0.776. The number of piperazine rings is 1. The highest BCUT2D eigenvalue weighted by Crippen LogP contribution is 2.16. The Morgan fingerprint density at radius 2 is 1.88 bits per heavy atom. The third-order valence-corrected chi connectivity index (χ3v) is 5.05. The van der Waals surface area contributed by atoms with Crippen molar-refractivity contribution in [1.82, 2.24) is 20.4 Å². The van der Waals surface area contributed by atoms with Gasteiger partial charge in [0, 0.05) is 58.3 Å². The monoisotopic (exact) mass is 344 g/mol. The first-order valence-electron chi connectivity index (χ1n) is 9.25. The number of nitrogens with zero attached hydrogens (tertiary/aromatic N) is 2. The fraction of sp³-hybridized carbons (Fsp3) is 0.579. The number of carbonyl (C=O) groups excluding carboxylic acids is 2. The van der Waals surface area contributed by atoms with Crippen molar-refractivity contribution >= 4 is 11.8 Å². The topological polar surface area (TPSA) is 64.7 Å². The summed E-state index contributed by atoms with van der Waals surface area (Å²) in [5.74, 6) is 0.122. The van der Waals surface area contributed by atoms with Crippen LogP contribution >= 0.6 is 0 Å². The van der Waals surface area contributed by atoms with E-state index in [4.69, 9.17) is 0 Å². The predicted octanol–water partition coefficient (Wildman–Crippen LogP) is 0.242. The fourth-order valence-electron chi connectivity index (χ4n) is 3.62. The summed E-state index contributed by atoms with van der Waals surface area (Å²) in [6.07, 6.45) is 1.81. The number of carbonyl (C=O) groups is 2. The van der Waals surface area contributed by atoms with Crippen molar-refractivity contribution in [2.45, 2.75) is 25.3 Å². The van der Waals surface area contributed by atoms with Crippen LogP contribution in [0.1, 0.15) is 18.4 Å². The van der Waals surface area contributed by atoms with Gasteiger partial charge in [0.05, 0.1) is 6.42 Å². The number of nitrogens with one attached hydrogen (secondary N) is 2. The lowest BCUT2D eigenvalue weighted by Gasteiger charge is -2.32. The van der Waals surface area contributed by atoms with Crippen LogP contribution < -0.4 is 10.6 Å². The van der Waals surface area contributed by atoms with Gasteiger partial charge in [0.2, 0.25) is 11.8 Å². The van der Waals surface area contributed by atoms with Crippen LogP contribution in [0.4, 0.5) is 0 Å². The Balaban J connectivity index is 1.34. The van der Waals surface area contributed by atoms with Crippen molar-refractivity contribution in [1.29, 1.82) is 0 Å². The largest absolute Gasteiger partial charge is 0.355 e. The molecule has 6 heteroatoms. The molecule has 1 unspecified atom stereocenters. The van der Waals surface area contributed by atoms with Crippen molar-refractivity contribution in [3.8, 4) is 0 Å². The van der Waals surface area contributed by atoms with Crippen LogP contribution in [0.3, 0.4) is 0 Å². The lowest BCUT2D eigenvalue weighted by molar-refractivity contribution is -0.130. The van der Waals surface area contributed by atoms with Gasteiger partial charge in [-0.15, -0.1) is 0 Å². The average Bonchev–Trinajstić information content (AvgIpc) is 3.13. The van der Waals surface area contributed by atoms with Crippen molar-refractivity contribution in [3.63, 3.8) is 0 Å². The number of rotatable bonds is 6. The minimum absolute atomic E-state index is 0.0286. The third kappa shape index (κ3) is 5.28. The minimum Gasteiger partial charge on any atom is -0.355 e. The molecule has 2 fully saturated rings. The molecule has 0 radical (unpaired) electrons. The molecule has 0 spiro atoms. The maximum atomic E-state index is 12.4. The van der Waals surface area contributed by atoms with Crippen LogP contribution in [-0.2, 0) is 16.0 Å². The Hall–Kier alpha value is -1.92. The van der Waals surface area contributed by atoms with Gasteiger partial charge in [0.15, 0.2) is 0 Å². The van der Waals surface area contributed by atoms with Crippen LogP contribution in [-0.4, -0.2) is 73.5 Å². The normalized spacial score (nSPS) is 21.3. The molecule has 6 nitrogen and oxygen atoms in total. The number of benzene rings is 1. The summed E-state index contributed by atoms with van der Waals surface area (Å²) < 4.78 is 0. The molecular formula is C19H28N4O2. The number of amides is 2. The standard InChI is InChI=1S/C19H28N4O2/c24-18(14-16-4-2-1-3-5-16)21-8-6-19(25)23-11-7-17(15-23)22-12-9-20-10-13-22/h1-5,17,20H,6-15H2,(H,21,24). The molecule has 2 saturated heterocycles. The number of likely N-dealkylation sites (tertiary alicyclic amines) is 1. The lowest BCUT2D eigenvalue weighted by atomic mass is 10.1. The Kier molecular flexibility index (Phi) is 6.42. The molecule has 2 aliphatic heterocycles. The molecule has 3 rings (SSSR count). The Morgan fingerprint density at radius 3 is 2.64 bits per heavy atom. The van der Waals surface area contributed by atoms with Gasteiger partial charge in [0.1, 0.15) is 0 Å². The van der Waals surface area contributed by atoms with E-state index in [9.17, 15) is 9.59 Å². The first-order chi connectivity index (χ1) is 12.2. The second-order valence-corrected chi connectivity index (χ2v) is 6.83. The van der Waals surface area contributed by atoms with Crippen LogP contribution in [0.5, 0.6) is 0 Å². The molecule has 2 heterocycles. The maximum Gasteiger partial charge on any atom is 0.224 e. The molecule has 2 amide bonds. The molecule has 25 heavy (non-hydrogen) atoms. The first kappa shape index (κ1) is 17.9. The Morgan fingerprint density at radius 1 is 1.12 bits per heavy atom. The molecule has 0 aliphatic carbocycles. The molecule has 1 atom stereocenters. The zero-order valence-electron chi connectivity index (χ0n) is 14.7. The van der Waals surface area contributed by atoms with E-state index in [1.165, 1.54) is 0 Å². The van der Waals surface area contributed by atoms with Gasteiger partial charge in [0.25, 0.3) is 0 Å². The fourth-order valence-corrected chi connectivity index (χ4v) is 3.62. The summed E-state index contributed by atoms with van der Waals surface area (Å²) in [6.45, 7) is 6.31. The number of hydrogen-bond acceptors (Lipinski definition) is 4. The predicted molar refractivity (Wildman–Crippen MR) is 97.2 cm³/mol. The second kappa shape index (κ2) is 8.97. The van der Waals surface area contributed by atoms with Crippen molar-refractivity contribution < 1.29 is 9.59 Å². The van der Waals surface area contributed by atoms with E-state index in [0.29, 0.717) is 25.4 Å². The molecule has 1 aromatic carbocycles. The summed E-state index contributed by atoms with van der Waals surface area (Å²) in [4.78, 5) is 28.7. The van der Waals surface area contributed by atoms with Crippen LogP contribution in [0, 0.1) is 0 Å². The van der Waals surface area contributed by atoms with Crippen molar-refractivity contribution in [2.24, 2.45) is 0 Å². The summed E-state index contributed by atoms with van der Waals surface area (Å²) in [7, 11) is 0. The van der Waals surface area contributed by atoms with Crippen LogP contribution in [0.25, 0.3) is 0 Å². The highest BCUT2D eigenvalue weighted by molar-refractivity contribution is 5.80. The second-order valence-electron chi connectivity index (χ2n) is 6.83. The summed E-state index contributed by atoms with van der Waals surface area (Å²) in [6, 6.07) is 10.2. The molecule has 0 bridgehead atoms. The zero-order valence-corrected chi connectivity index (χ0v) is 14.7. The molecule has 2 N–H and O–H groups in total. The first-order valence-corrected chi connectivity index (χ1v) is 9.25. The van der Waals surface area contributed by atoms with E-state index in [-0.39, 0.29) is 11.8 Å². The van der Waals surface area contributed by atoms with Gasteiger partial charge in [-0.25, -0.2) is 0 Å². The van der Waals surface area contributed by atoms with Gasteiger partial charge in [-0.05, 0) is 12.0 Å². The average molecular weight is 344 g/mol.